The SMILES string of the molecule is O=C(NC1CCC(Oc2ccc(C(F)(F)F)cn2)CC1)c1cc2ccccc2oc1=O. The average Bonchev–Trinajstić information content (AvgIpc) is 2.74. The molecule has 0 radical (unpaired) electrons. The molecule has 0 spiro atoms. The molecule has 4 rings (SSSR count). The van der Waals surface area contributed by atoms with E-state index in [1.165, 1.54) is 12.1 Å². The Hall–Kier alpha value is -3.36. The number of pyridine rings is 1. The highest BCUT2D eigenvalue weighted by atomic mass is 19.4. The lowest BCUT2D eigenvalue weighted by atomic mass is 9.92. The van der Waals surface area contributed by atoms with Crippen LogP contribution in [0, 0.1) is 0 Å². The summed E-state index contributed by atoms with van der Waals surface area (Å²) in [7, 11) is 0. The van der Waals surface area contributed by atoms with Gasteiger partial charge in [-0.05, 0) is 43.9 Å². The molecule has 0 saturated heterocycles. The molecule has 1 saturated carbocycles. The zero-order chi connectivity index (χ0) is 22.0. The van der Waals surface area contributed by atoms with Gasteiger partial charge in [0.2, 0.25) is 5.88 Å². The number of nitrogens with zero attached hydrogens (tertiary/aromatic N) is 1. The van der Waals surface area contributed by atoms with E-state index in [-0.39, 0.29) is 23.6 Å². The zero-order valence-electron chi connectivity index (χ0n) is 16.3. The molecule has 162 valence electrons. The number of carbonyl (C=O) groups excluding carboxylic acids is 1. The van der Waals surface area contributed by atoms with Crippen LogP contribution in [-0.4, -0.2) is 23.0 Å². The zero-order valence-corrected chi connectivity index (χ0v) is 16.3. The van der Waals surface area contributed by atoms with Crippen LogP contribution in [0.2, 0.25) is 0 Å². The minimum Gasteiger partial charge on any atom is -0.474 e. The lowest BCUT2D eigenvalue weighted by molar-refractivity contribution is -0.137. The van der Waals surface area contributed by atoms with E-state index in [9.17, 15) is 22.8 Å². The van der Waals surface area contributed by atoms with Gasteiger partial charge in [0.25, 0.3) is 5.91 Å². The first-order valence-corrected chi connectivity index (χ1v) is 9.83. The van der Waals surface area contributed by atoms with Crippen molar-refractivity contribution in [2.75, 3.05) is 0 Å². The number of fused-ring (bicyclic) bond motifs is 1. The third-order valence-electron chi connectivity index (χ3n) is 5.25. The van der Waals surface area contributed by atoms with E-state index in [0.29, 0.717) is 36.7 Å². The molecule has 1 N–H and O–H groups in total. The van der Waals surface area contributed by atoms with Gasteiger partial charge in [-0.3, -0.25) is 4.79 Å². The Bertz CT molecular complexity index is 1130. The van der Waals surface area contributed by atoms with E-state index in [2.05, 4.69) is 10.3 Å². The molecule has 0 aliphatic heterocycles. The van der Waals surface area contributed by atoms with Gasteiger partial charge in [-0.15, -0.1) is 0 Å². The molecule has 6 nitrogen and oxygen atoms in total. The lowest BCUT2D eigenvalue weighted by Gasteiger charge is -2.29. The third-order valence-corrected chi connectivity index (χ3v) is 5.25. The molecule has 1 amide bonds. The van der Waals surface area contributed by atoms with Crippen molar-refractivity contribution in [1.82, 2.24) is 10.3 Å². The van der Waals surface area contributed by atoms with Crippen LogP contribution >= 0.6 is 0 Å². The molecule has 3 aromatic rings. The fourth-order valence-electron chi connectivity index (χ4n) is 3.60. The predicted octanol–water partition coefficient (Wildman–Crippen LogP) is 4.33. The van der Waals surface area contributed by atoms with Crippen LogP contribution in [0.5, 0.6) is 5.88 Å². The molecule has 1 aliphatic rings. The number of nitrogens with one attached hydrogen (secondary N) is 1. The third kappa shape index (κ3) is 4.87. The Morgan fingerprint density at radius 1 is 1.10 bits per heavy atom. The van der Waals surface area contributed by atoms with Gasteiger partial charge in [-0.25, -0.2) is 9.78 Å². The van der Waals surface area contributed by atoms with Crippen LogP contribution in [0.3, 0.4) is 0 Å². The largest absolute Gasteiger partial charge is 0.474 e. The van der Waals surface area contributed by atoms with Gasteiger partial charge in [-0.1, -0.05) is 18.2 Å². The number of carbonyl (C=O) groups is 1. The molecule has 0 unspecified atom stereocenters. The van der Waals surface area contributed by atoms with Gasteiger partial charge in [0.15, 0.2) is 0 Å². The van der Waals surface area contributed by atoms with Gasteiger partial charge in [0, 0.05) is 23.7 Å². The average molecular weight is 432 g/mol. The summed E-state index contributed by atoms with van der Waals surface area (Å²) < 4.78 is 48.7. The Kier molecular flexibility index (Phi) is 5.67. The maximum Gasteiger partial charge on any atom is 0.417 e. The quantitative estimate of drug-likeness (QED) is 0.621. The van der Waals surface area contributed by atoms with E-state index in [0.717, 1.165) is 12.3 Å². The van der Waals surface area contributed by atoms with Crippen molar-refractivity contribution in [3.05, 3.63) is 70.2 Å². The summed E-state index contributed by atoms with van der Waals surface area (Å²) in [6.45, 7) is 0. The van der Waals surface area contributed by atoms with Gasteiger partial charge < -0.3 is 14.5 Å². The first-order chi connectivity index (χ1) is 14.8. The minimum absolute atomic E-state index is 0.0500. The van der Waals surface area contributed by atoms with Gasteiger partial charge in [0.1, 0.15) is 17.3 Å². The smallest absolute Gasteiger partial charge is 0.417 e. The fraction of sp³-hybridized carbons (Fsp3) is 0.318. The number of rotatable bonds is 4. The molecule has 1 aromatic carbocycles. The van der Waals surface area contributed by atoms with Crippen molar-refractivity contribution in [3.8, 4) is 5.88 Å². The Balaban J connectivity index is 1.32. The maximum absolute atomic E-state index is 12.6. The molecular weight excluding hydrogens is 413 g/mol. The summed E-state index contributed by atoms with van der Waals surface area (Å²) in [5.74, 6) is -0.359. The summed E-state index contributed by atoms with van der Waals surface area (Å²) in [5, 5.41) is 3.51. The second kappa shape index (κ2) is 8.41. The van der Waals surface area contributed by atoms with Crippen molar-refractivity contribution in [2.24, 2.45) is 0 Å². The van der Waals surface area contributed by atoms with Crippen LogP contribution in [0.25, 0.3) is 11.0 Å². The Morgan fingerprint density at radius 3 is 2.52 bits per heavy atom. The number of ether oxygens (including phenoxy) is 1. The second-order valence-corrected chi connectivity index (χ2v) is 7.43. The molecule has 0 atom stereocenters. The number of hydrogen-bond donors (Lipinski definition) is 1. The van der Waals surface area contributed by atoms with Crippen molar-refractivity contribution < 1.29 is 27.1 Å². The molecule has 2 aromatic heterocycles. The van der Waals surface area contributed by atoms with Crippen molar-refractivity contribution in [1.29, 1.82) is 0 Å². The Morgan fingerprint density at radius 2 is 1.84 bits per heavy atom. The summed E-state index contributed by atoms with van der Waals surface area (Å²) in [5.41, 5.74) is -1.16. The maximum atomic E-state index is 12.6. The van der Waals surface area contributed by atoms with Crippen LogP contribution in [0.15, 0.2) is 57.9 Å². The summed E-state index contributed by atoms with van der Waals surface area (Å²) in [6, 6.07) is 10.5. The molecule has 0 bridgehead atoms. The summed E-state index contributed by atoms with van der Waals surface area (Å²) in [6.07, 6.45) is -1.49. The highest BCUT2D eigenvalue weighted by Gasteiger charge is 2.31. The normalized spacial score (nSPS) is 19.2. The van der Waals surface area contributed by atoms with E-state index in [1.807, 2.05) is 0 Å². The number of benzene rings is 1. The topological polar surface area (TPSA) is 81.4 Å². The number of aromatic nitrogens is 1. The first kappa shape index (κ1) is 20.9. The molecule has 9 heteroatoms. The van der Waals surface area contributed by atoms with E-state index < -0.39 is 23.3 Å². The van der Waals surface area contributed by atoms with E-state index >= 15 is 0 Å². The Labute approximate surface area is 175 Å². The second-order valence-electron chi connectivity index (χ2n) is 7.43. The van der Waals surface area contributed by atoms with Crippen LogP contribution in [0.4, 0.5) is 13.2 Å². The van der Waals surface area contributed by atoms with Crippen LogP contribution in [0.1, 0.15) is 41.6 Å². The van der Waals surface area contributed by atoms with Crippen LogP contribution < -0.4 is 15.7 Å². The summed E-state index contributed by atoms with van der Waals surface area (Å²) in [4.78, 5) is 28.4. The number of para-hydroxylation sites is 1. The minimum atomic E-state index is -4.44. The monoisotopic (exact) mass is 432 g/mol. The van der Waals surface area contributed by atoms with E-state index in [1.54, 1.807) is 24.3 Å². The van der Waals surface area contributed by atoms with Gasteiger partial charge >= 0.3 is 11.8 Å². The number of hydrogen-bond acceptors (Lipinski definition) is 5. The van der Waals surface area contributed by atoms with Gasteiger partial charge in [-0.2, -0.15) is 13.2 Å². The van der Waals surface area contributed by atoms with E-state index in [4.69, 9.17) is 9.15 Å². The number of amides is 1. The molecule has 1 fully saturated rings. The van der Waals surface area contributed by atoms with Crippen LogP contribution in [-0.2, 0) is 6.18 Å². The molecule has 2 heterocycles. The highest BCUT2D eigenvalue weighted by Crippen LogP contribution is 2.30. The van der Waals surface area contributed by atoms with Gasteiger partial charge in [0.05, 0.1) is 5.56 Å². The van der Waals surface area contributed by atoms with Crippen molar-refractivity contribution >= 4 is 16.9 Å². The molecular formula is C22H19F3N2O4. The molecule has 31 heavy (non-hydrogen) atoms. The fourth-order valence-corrected chi connectivity index (χ4v) is 3.60. The highest BCUT2D eigenvalue weighted by molar-refractivity contribution is 5.96. The van der Waals surface area contributed by atoms with Crippen molar-refractivity contribution in [2.45, 2.75) is 44.0 Å². The predicted molar refractivity (Wildman–Crippen MR) is 106 cm³/mol. The lowest BCUT2D eigenvalue weighted by Crippen LogP contribution is -2.41. The standard InChI is InChI=1S/C22H19F3N2O4/c23-22(24,25)14-5-10-19(26-12-14)30-16-8-6-15(7-9-16)27-20(28)17-11-13-3-1-2-4-18(13)31-21(17)29/h1-5,10-12,15-16H,6-9H2,(H,27,28). The summed E-state index contributed by atoms with van der Waals surface area (Å²) >= 11 is 0. The van der Waals surface area contributed by atoms with Crippen molar-refractivity contribution in [3.63, 3.8) is 0 Å². The first-order valence-electron chi connectivity index (χ1n) is 9.83. The number of alkyl halides is 3. The number of halogens is 3. The molecule has 1 aliphatic carbocycles.